The van der Waals surface area contributed by atoms with Gasteiger partial charge in [-0.2, -0.15) is 0 Å². The van der Waals surface area contributed by atoms with E-state index >= 15 is 0 Å². The van der Waals surface area contributed by atoms with Crippen LogP contribution in [-0.4, -0.2) is 31.1 Å². The summed E-state index contributed by atoms with van der Waals surface area (Å²) in [4.78, 5) is 0. The topological polar surface area (TPSA) is 91.2 Å². The van der Waals surface area contributed by atoms with Crippen molar-refractivity contribution in [3.8, 4) is 0 Å². The number of hydrogen-bond acceptors (Lipinski definition) is 3. The summed E-state index contributed by atoms with van der Waals surface area (Å²) >= 11 is 0. The van der Waals surface area contributed by atoms with Gasteiger partial charge in [0.1, 0.15) is 0 Å². The van der Waals surface area contributed by atoms with Gasteiger partial charge >= 0.3 is 0 Å². The minimum Gasteiger partial charge on any atom is -0.355 e. The Balaban J connectivity index is 2.23. The van der Waals surface area contributed by atoms with Crippen LogP contribution in [0.25, 0.3) is 0 Å². The molecule has 0 saturated heterocycles. The molecule has 5 nitrogen and oxygen atoms in total. The molecule has 1 aliphatic carbocycles. The van der Waals surface area contributed by atoms with E-state index in [-0.39, 0.29) is 5.96 Å². The zero-order valence-corrected chi connectivity index (χ0v) is 9.50. The first-order valence-electron chi connectivity index (χ1n) is 5.64. The lowest BCUT2D eigenvalue weighted by atomic mass is 9.81. The molecular formula is C10H23N5. The van der Waals surface area contributed by atoms with Crippen LogP contribution >= 0.6 is 0 Å². The molecule has 15 heavy (non-hydrogen) atoms. The molecule has 1 saturated carbocycles. The lowest BCUT2D eigenvalue weighted by Crippen LogP contribution is -2.44. The molecule has 0 heterocycles. The molecule has 0 radical (unpaired) electrons. The van der Waals surface area contributed by atoms with Crippen molar-refractivity contribution in [1.29, 1.82) is 5.41 Å². The first-order chi connectivity index (χ1) is 7.13. The van der Waals surface area contributed by atoms with Gasteiger partial charge in [-0.3, -0.25) is 10.4 Å². The van der Waals surface area contributed by atoms with Gasteiger partial charge < -0.3 is 11.1 Å². The summed E-state index contributed by atoms with van der Waals surface area (Å²) in [5.41, 5.74) is 5.68. The maximum atomic E-state index is 7.52. The monoisotopic (exact) mass is 213 g/mol. The van der Waals surface area contributed by atoms with Crippen LogP contribution in [0.4, 0.5) is 0 Å². The van der Waals surface area contributed by atoms with Gasteiger partial charge in [-0.25, -0.2) is 5.84 Å². The maximum Gasteiger partial charge on any atom is 0.205 e. The van der Waals surface area contributed by atoms with Crippen molar-refractivity contribution in [2.24, 2.45) is 23.4 Å². The summed E-state index contributed by atoms with van der Waals surface area (Å²) in [6, 6.07) is 0. The van der Waals surface area contributed by atoms with Crippen LogP contribution in [0.2, 0.25) is 0 Å². The first kappa shape index (κ1) is 12.3. The molecule has 1 aliphatic rings. The second-order valence-corrected chi connectivity index (χ2v) is 4.47. The van der Waals surface area contributed by atoms with Crippen molar-refractivity contribution in [3.63, 3.8) is 0 Å². The molecule has 5 heteroatoms. The highest BCUT2D eigenvalue weighted by atomic mass is 15.5. The van der Waals surface area contributed by atoms with Crippen molar-refractivity contribution in [2.75, 3.05) is 20.1 Å². The van der Waals surface area contributed by atoms with E-state index in [0.29, 0.717) is 11.8 Å². The van der Waals surface area contributed by atoms with E-state index in [1.807, 2.05) is 0 Å². The van der Waals surface area contributed by atoms with Gasteiger partial charge in [0, 0.05) is 13.6 Å². The average Bonchev–Trinajstić information content (AvgIpc) is 2.26. The number of guanidine groups is 1. The molecule has 88 valence electrons. The molecule has 0 aromatic carbocycles. The standard InChI is InChI=1S/C10H23N5/c1-15(13)10(12)14-7-9-4-2-3-8(5-9)6-11/h8-9H,2-7,11,13H2,1H3,(H2,12,14)/t8-,9+/m0/s1. The second-order valence-electron chi connectivity index (χ2n) is 4.47. The van der Waals surface area contributed by atoms with Gasteiger partial charge in [0.15, 0.2) is 0 Å². The Bertz CT molecular complexity index is 204. The fourth-order valence-corrected chi connectivity index (χ4v) is 2.17. The molecule has 0 unspecified atom stereocenters. The Morgan fingerprint density at radius 1 is 1.47 bits per heavy atom. The molecule has 0 aromatic rings. The lowest BCUT2D eigenvalue weighted by molar-refractivity contribution is 0.269. The Kier molecular flexibility index (Phi) is 4.84. The highest BCUT2D eigenvalue weighted by molar-refractivity contribution is 5.75. The van der Waals surface area contributed by atoms with Crippen LogP contribution in [-0.2, 0) is 0 Å². The van der Waals surface area contributed by atoms with Crippen molar-refractivity contribution in [3.05, 3.63) is 0 Å². The molecule has 1 rings (SSSR count). The second kappa shape index (κ2) is 5.92. The van der Waals surface area contributed by atoms with Crippen molar-refractivity contribution in [2.45, 2.75) is 25.7 Å². The summed E-state index contributed by atoms with van der Waals surface area (Å²) in [5.74, 6) is 7.04. The van der Waals surface area contributed by atoms with Gasteiger partial charge in [-0.1, -0.05) is 6.42 Å². The van der Waals surface area contributed by atoms with Crippen LogP contribution in [0.3, 0.4) is 0 Å². The fourth-order valence-electron chi connectivity index (χ4n) is 2.17. The van der Waals surface area contributed by atoms with Gasteiger partial charge in [-0.15, -0.1) is 0 Å². The normalized spacial score (nSPS) is 26.1. The number of nitrogens with zero attached hydrogens (tertiary/aromatic N) is 1. The highest BCUT2D eigenvalue weighted by Gasteiger charge is 2.20. The van der Waals surface area contributed by atoms with E-state index in [0.717, 1.165) is 13.1 Å². The summed E-state index contributed by atoms with van der Waals surface area (Å²) in [7, 11) is 1.67. The number of nitrogens with two attached hydrogens (primary N) is 2. The zero-order chi connectivity index (χ0) is 11.3. The van der Waals surface area contributed by atoms with Gasteiger partial charge in [0.2, 0.25) is 5.96 Å². The maximum absolute atomic E-state index is 7.52. The SMILES string of the molecule is CN(N)C(=N)NC[C@@H]1CCC[C@H](CN)C1. The Morgan fingerprint density at radius 2 is 2.13 bits per heavy atom. The molecular weight excluding hydrogens is 190 g/mol. The third kappa shape index (κ3) is 4.05. The largest absolute Gasteiger partial charge is 0.355 e. The van der Waals surface area contributed by atoms with Gasteiger partial charge in [0.05, 0.1) is 0 Å². The molecule has 0 bridgehead atoms. The van der Waals surface area contributed by atoms with Crippen LogP contribution in [0.5, 0.6) is 0 Å². The summed E-state index contributed by atoms with van der Waals surface area (Å²) in [6.45, 7) is 1.64. The summed E-state index contributed by atoms with van der Waals surface area (Å²) in [6.07, 6.45) is 4.96. The van der Waals surface area contributed by atoms with Crippen LogP contribution in [0.1, 0.15) is 25.7 Å². The predicted molar refractivity (Wildman–Crippen MR) is 62.2 cm³/mol. The third-order valence-corrected chi connectivity index (χ3v) is 3.14. The average molecular weight is 213 g/mol. The van der Waals surface area contributed by atoms with E-state index in [1.54, 1.807) is 7.05 Å². The number of nitrogens with one attached hydrogen (secondary N) is 2. The number of rotatable bonds is 3. The minimum atomic E-state index is 0.282. The Labute approximate surface area is 91.7 Å². The van der Waals surface area contributed by atoms with Crippen LogP contribution in [0.15, 0.2) is 0 Å². The molecule has 0 spiro atoms. The van der Waals surface area contributed by atoms with Crippen molar-refractivity contribution >= 4 is 5.96 Å². The summed E-state index contributed by atoms with van der Waals surface area (Å²) in [5, 5.41) is 11.9. The fraction of sp³-hybridized carbons (Fsp3) is 0.900. The van der Waals surface area contributed by atoms with E-state index < -0.39 is 0 Å². The zero-order valence-electron chi connectivity index (χ0n) is 9.50. The molecule has 1 fully saturated rings. The first-order valence-corrected chi connectivity index (χ1v) is 5.64. The smallest absolute Gasteiger partial charge is 0.205 e. The predicted octanol–water partition coefficient (Wildman–Crippen LogP) is 0.0814. The van der Waals surface area contributed by atoms with E-state index in [1.165, 1.54) is 30.7 Å². The molecule has 0 aromatic heterocycles. The van der Waals surface area contributed by atoms with E-state index in [4.69, 9.17) is 17.0 Å². The highest BCUT2D eigenvalue weighted by Crippen LogP contribution is 2.27. The van der Waals surface area contributed by atoms with Crippen LogP contribution < -0.4 is 16.9 Å². The molecule has 0 aliphatic heterocycles. The minimum absolute atomic E-state index is 0.282. The molecule has 2 atom stereocenters. The van der Waals surface area contributed by atoms with Gasteiger partial charge in [0.25, 0.3) is 0 Å². The van der Waals surface area contributed by atoms with E-state index in [2.05, 4.69) is 5.32 Å². The lowest BCUT2D eigenvalue weighted by Gasteiger charge is -2.29. The van der Waals surface area contributed by atoms with Crippen molar-refractivity contribution < 1.29 is 0 Å². The van der Waals surface area contributed by atoms with E-state index in [9.17, 15) is 0 Å². The quantitative estimate of drug-likeness (QED) is 0.231. The van der Waals surface area contributed by atoms with Crippen molar-refractivity contribution in [1.82, 2.24) is 10.3 Å². The molecule has 0 amide bonds. The molecule has 6 N–H and O–H groups in total. The number of hydrogen-bond donors (Lipinski definition) is 4. The third-order valence-electron chi connectivity index (χ3n) is 3.14. The number of hydrazine groups is 1. The Hall–Kier alpha value is -0.810. The van der Waals surface area contributed by atoms with Crippen LogP contribution in [0, 0.1) is 17.2 Å². The van der Waals surface area contributed by atoms with Gasteiger partial charge in [-0.05, 0) is 37.6 Å². The Morgan fingerprint density at radius 3 is 2.73 bits per heavy atom. The summed E-state index contributed by atoms with van der Waals surface area (Å²) < 4.78 is 0.